The maximum absolute atomic E-state index is 12.8. The number of hydrogen-bond donors (Lipinski definition) is 1. The van der Waals surface area contributed by atoms with E-state index in [-0.39, 0.29) is 11.4 Å². The van der Waals surface area contributed by atoms with E-state index < -0.39 is 17.1 Å². The summed E-state index contributed by atoms with van der Waals surface area (Å²) < 4.78 is 16.7. The summed E-state index contributed by atoms with van der Waals surface area (Å²) >= 11 is 0.806. The fourth-order valence-electron chi connectivity index (χ4n) is 3.43. The van der Waals surface area contributed by atoms with Gasteiger partial charge in [-0.05, 0) is 78.9 Å². The number of nitrogens with one attached hydrogen (secondary N) is 1. The number of thioether (sulfide) groups is 1. The van der Waals surface area contributed by atoms with Crippen LogP contribution >= 0.6 is 11.8 Å². The van der Waals surface area contributed by atoms with Gasteiger partial charge in [0.05, 0.1) is 11.5 Å². The van der Waals surface area contributed by atoms with Crippen molar-refractivity contribution in [1.29, 1.82) is 0 Å². The number of carbonyl (C=O) groups is 3. The van der Waals surface area contributed by atoms with Crippen LogP contribution in [0.2, 0.25) is 0 Å². The average Bonchev–Trinajstić information content (AvgIpc) is 3.16. The van der Waals surface area contributed by atoms with E-state index in [1.54, 1.807) is 54.6 Å². The minimum absolute atomic E-state index is 0.254. The molecule has 3 aromatic rings. The molecule has 1 N–H and O–H groups in total. The van der Waals surface area contributed by atoms with E-state index in [2.05, 4.69) is 5.32 Å². The van der Waals surface area contributed by atoms with Crippen molar-refractivity contribution in [2.45, 2.75) is 6.92 Å². The number of para-hydroxylation sites is 1. The van der Waals surface area contributed by atoms with Crippen LogP contribution in [-0.4, -0.2) is 48.3 Å². The van der Waals surface area contributed by atoms with E-state index in [0.717, 1.165) is 28.0 Å². The van der Waals surface area contributed by atoms with Crippen molar-refractivity contribution < 1.29 is 28.6 Å². The van der Waals surface area contributed by atoms with Crippen LogP contribution in [0.5, 0.6) is 17.2 Å². The zero-order valence-corrected chi connectivity index (χ0v) is 21.0. The summed E-state index contributed by atoms with van der Waals surface area (Å²) in [4.78, 5) is 38.8. The molecule has 1 aliphatic heterocycles. The van der Waals surface area contributed by atoms with Crippen LogP contribution in [-0.2, 0) is 9.59 Å². The Labute approximate surface area is 219 Å². The van der Waals surface area contributed by atoms with Crippen molar-refractivity contribution in [3.05, 3.63) is 89.3 Å². The first-order valence-electron chi connectivity index (χ1n) is 11.7. The maximum Gasteiger partial charge on any atom is 0.294 e. The molecule has 190 valence electrons. The number of imide groups is 1. The fourth-order valence-corrected chi connectivity index (χ4v) is 4.27. The van der Waals surface area contributed by atoms with Gasteiger partial charge in [-0.25, -0.2) is 0 Å². The van der Waals surface area contributed by atoms with Gasteiger partial charge in [-0.3, -0.25) is 19.3 Å². The van der Waals surface area contributed by atoms with Gasteiger partial charge in [-0.2, -0.15) is 0 Å². The van der Waals surface area contributed by atoms with Crippen molar-refractivity contribution in [2.75, 3.05) is 31.7 Å². The van der Waals surface area contributed by atoms with Gasteiger partial charge in [0.1, 0.15) is 37.0 Å². The standard InChI is InChI=1S/C28H26N2O6S/c1-2-34-23-14-10-21(11-15-23)29-26(31)19-30-27(32)25(37-28(30)33)18-20-8-12-24(13-9-20)36-17-16-35-22-6-4-3-5-7-22/h3-15,18H,2,16-17,19H2,1H3,(H,29,31)/b25-18+. The van der Waals surface area contributed by atoms with Gasteiger partial charge in [0.15, 0.2) is 0 Å². The van der Waals surface area contributed by atoms with Gasteiger partial charge >= 0.3 is 0 Å². The Kier molecular flexibility index (Phi) is 8.83. The van der Waals surface area contributed by atoms with E-state index in [0.29, 0.717) is 37.0 Å². The molecule has 1 saturated heterocycles. The van der Waals surface area contributed by atoms with E-state index >= 15 is 0 Å². The molecule has 4 rings (SSSR count). The lowest BCUT2D eigenvalue weighted by Gasteiger charge is -2.12. The second-order valence-corrected chi connectivity index (χ2v) is 8.85. The molecule has 3 amide bonds. The minimum atomic E-state index is -0.504. The highest BCUT2D eigenvalue weighted by Gasteiger charge is 2.36. The van der Waals surface area contributed by atoms with Gasteiger partial charge in [0, 0.05) is 5.69 Å². The van der Waals surface area contributed by atoms with Crippen LogP contribution in [0.25, 0.3) is 6.08 Å². The number of carbonyl (C=O) groups excluding carboxylic acids is 3. The summed E-state index contributed by atoms with van der Waals surface area (Å²) in [6.45, 7) is 2.85. The van der Waals surface area contributed by atoms with E-state index in [1.165, 1.54) is 0 Å². The molecule has 1 aliphatic rings. The Morgan fingerprint density at radius 3 is 2.08 bits per heavy atom. The molecule has 3 aromatic carbocycles. The van der Waals surface area contributed by atoms with Crippen LogP contribution in [0, 0.1) is 0 Å². The number of benzene rings is 3. The number of anilines is 1. The van der Waals surface area contributed by atoms with Gasteiger partial charge < -0.3 is 19.5 Å². The molecular formula is C28H26N2O6S. The zero-order chi connectivity index (χ0) is 26.0. The van der Waals surface area contributed by atoms with Crippen LogP contribution in [0.3, 0.4) is 0 Å². The summed E-state index contributed by atoms with van der Waals surface area (Å²) in [6, 6.07) is 23.5. The summed E-state index contributed by atoms with van der Waals surface area (Å²) in [5, 5.41) is 2.20. The highest BCUT2D eigenvalue weighted by Crippen LogP contribution is 2.32. The Hall–Kier alpha value is -4.24. The third kappa shape index (κ3) is 7.37. The normalized spacial score (nSPS) is 14.1. The van der Waals surface area contributed by atoms with Crippen molar-refractivity contribution in [2.24, 2.45) is 0 Å². The Balaban J connectivity index is 1.27. The molecule has 37 heavy (non-hydrogen) atoms. The van der Waals surface area contributed by atoms with Gasteiger partial charge in [0.2, 0.25) is 5.91 Å². The van der Waals surface area contributed by atoms with E-state index in [9.17, 15) is 14.4 Å². The molecule has 0 aromatic heterocycles. The molecule has 8 nitrogen and oxygen atoms in total. The Bertz CT molecular complexity index is 1260. The highest BCUT2D eigenvalue weighted by atomic mass is 32.2. The number of rotatable bonds is 11. The average molecular weight is 519 g/mol. The predicted octanol–water partition coefficient (Wildman–Crippen LogP) is 5.22. The van der Waals surface area contributed by atoms with Crippen molar-refractivity contribution >= 4 is 40.6 Å². The van der Waals surface area contributed by atoms with Crippen molar-refractivity contribution in [1.82, 2.24) is 4.90 Å². The lowest BCUT2D eigenvalue weighted by Crippen LogP contribution is -2.36. The monoisotopic (exact) mass is 518 g/mol. The molecule has 0 unspecified atom stereocenters. The number of nitrogens with zero attached hydrogens (tertiary/aromatic N) is 1. The van der Waals surface area contributed by atoms with Crippen LogP contribution in [0.1, 0.15) is 12.5 Å². The van der Waals surface area contributed by atoms with Crippen LogP contribution in [0.15, 0.2) is 83.8 Å². The molecule has 9 heteroatoms. The third-order valence-corrected chi connectivity index (χ3v) is 6.07. The molecule has 0 aliphatic carbocycles. The van der Waals surface area contributed by atoms with Gasteiger partial charge in [0.25, 0.3) is 11.1 Å². The molecule has 0 saturated carbocycles. The number of ether oxygens (including phenoxy) is 3. The molecule has 0 radical (unpaired) electrons. The first kappa shape index (κ1) is 25.8. The Morgan fingerprint density at radius 2 is 1.43 bits per heavy atom. The van der Waals surface area contributed by atoms with Gasteiger partial charge in [-0.15, -0.1) is 0 Å². The van der Waals surface area contributed by atoms with E-state index in [1.807, 2.05) is 37.3 Å². The molecule has 0 spiro atoms. The SMILES string of the molecule is CCOc1ccc(NC(=O)CN2C(=O)S/C(=C/c3ccc(OCCOc4ccccc4)cc3)C2=O)cc1. The van der Waals surface area contributed by atoms with Crippen LogP contribution in [0.4, 0.5) is 10.5 Å². The van der Waals surface area contributed by atoms with E-state index in [4.69, 9.17) is 14.2 Å². The summed E-state index contributed by atoms with van der Waals surface area (Å²) in [5.41, 5.74) is 1.28. The fraction of sp³-hybridized carbons (Fsp3) is 0.179. The van der Waals surface area contributed by atoms with Crippen molar-refractivity contribution in [3.8, 4) is 17.2 Å². The van der Waals surface area contributed by atoms with Gasteiger partial charge in [-0.1, -0.05) is 30.3 Å². The quantitative estimate of drug-likeness (QED) is 0.275. The topological polar surface area (TPSA) is 94.2 Å². The smallest absolute Gasteiger partial charge is 0.294 e. The summed E-state index contributed by atoms with van der Waals surface area (Å²) in [6.07, 6.45) is 1.62. The first-order valence-corrected chi connectivity index (χ1v) is 12.5. The second kappa shape index (κ2) is 12.6. The number of amides is 3. The summed E-state index contributed by atoms with van der Waals surface area (Å²) in [5.74, 6) is 1.16. The molecule has 1 fully saturated rings. The largest absolute Gasteiger partial charge is 0.494 e. The Morgan fingerprint density at radius 1 is 0.838 bits per heavy atom. The van der Waals surface area contributed by atoms with Crippen molar-refractivity contribution in [3.63, 3.8) is 0 Å². The predicted molar refractivity (Wildman–Crippen MR) is 143 cm³/mol. The maximum atomic E-state index is 12.8. The van der Waals surface area contributed by atoms with Crippen LogP contribution < -0.4 is 19.5 Å². The molecule has 0 atom stereocenters. The minimum Gasteiger partial charge on any atom is -0.494 e. The zero-order valence-electron chi connectivity index (χ0n) is 20.2. The first-order chi connectivity index (χ1) is 18.0. The third-order valence-electron chi connectivity index (χ3n) is 5.17. The second-order valence-electron chi connectivity index (χ2n) is 7.85. The number of hydrogen-bond acceptors (Lipinski definition) is 7. The lowest BCUT2D eigenvalue weighted by atomic mass is 10.2. The molecular weight excluding hydrogens is 492 g/mol. The molecule has 1 heterocycles. The highest BCUT2D eigenvalue weighted by molar-refractivity contribution is 8.18. The summed E-state index contributed by atoms with van der Waals surface area (Å²) in [7, 11) is 0. The molecule has 0 bridgehead atoms. The lowest BCUT2D eigenvalue weighted by molar-refractivity contribution is -0.127.